The minimum atomic E-state index is 0.447. The van der Waals surface area contributed by atoms with Crippen LogP contribution in [0, 0.1) is 13.8 Å². The molecule has 0 aromatic carbocycles. The molecule has 24 heavy (non-hydrogen) atoms. The van der Waals surface area contributed by atoms with Crippen LogP contribution in [-0.4, -0.2) is 14.5 Å². The Morgan fingerprint density at radius 2 is 1.83 bits per heavy atom. The summed E-state index contributed by atoms with van der Waals surface area (Å²) in [6.45, 7) is 13.1. The summed E-state index contributed by atoms with van der Waals surface area (Å²) in [5, 5.41) is 0. The zero-order chi connectivity index (χ0) is 17.4. The molecule has 0 aliphatic rings. The van der Waals surface area contributed by atoms with E-state index in [2.05, 4.69) is 75.5 Å². The Labute approximate surface area is 144 Å². The van der Waals surface area contributed by atoms with Gasteiger partial charge in [-0.15, -0.1) is 0 Å². The van der Waals surface area contributed by atoms with E-state index >= 15 is 0 Å². The van der Waals surface area contributed by atoms with Crippen molar-refractivity contribution in [3.63, 3.8) is 0 Å². The zero-order valence-electron chi connectivity index (χ0n) is 15.6. The average Bonchev–Trinajstić information content (AvgIpc) is 2.89. The van der Waals surface area contributed by atoms with E-state index in [9.17, 15) is 0 Å². The van der Waals surface area contributed by atoms with E-state index in [1.807, 2.05) is 6.20 Å². The summed E-state index contributed by atoms with van der Waals surface area (Å²) in [5.74, 6) is 0.447. The molecule has 0 N–H and O–H groups in total. The number of hydrogen-bond donors (Lipinski definition) is 0. The van der Waals surface area contributed by atoms with Crippen LogP contribution in [0.15, 0.2) is 30.6 Å². The van der Waals surface area contributed by atoms with E-state index in [1.54, 1.807) is 0 Å². The molecule has 0 saturated carbocycles. The Balaban J connectivity index is 2.13. The van der Waals surface area contributed by atoms with Gasteiger partial charge in [-0.3, -0.25) is 4.98 Å². The van der Waals surface area contributed by atoms with Crippen molar-refractivity contribution in [3.05, 3.63) is 47.4 Å². The van der Waals surface area contributed by atoms with E-state index < -0.39 is 0 Å². The van der Waals surface area contributed by atoms with Gasteiger partial charge in [0, 0.05) is 29.7 Å². The monoisotopic (exact) mass is 321 g/mol. The first-order valence-electron chi connectivity index (χ1n) is 8.87. The molecule has 0 radical (unpaired) electrons. The van der Waals surface area contributed by atoms with E-state index in [0.29, 0.717) is 12.0 Å². The molecule has 0 fully saturated rings. The second-order valence-electron chi connectivity index (χ2n) is 7.12. The summed E-state index contributed by atoms with van der Waals surface area (Å²) >= 11 is 0. The number of aromatic nitrogens is 3. The van der Waals surface area contributed by atoms with Gasteiger partial charge in [-0.2, -0.15) is 0 Å². The van der Waals surface area contributed by atoms with Crippen molar-refractivity contribution in [2.24, 2.45) is 0 Å². The van der Waals surface area contributed by atoms with Crippen LogP contribution in [0.4, 0.5) is 0 Å². The fourth-order valence-corrected chi connectivity index (χ4v) is 3.17. The molecule has 3 aromatic rings. The quantitative estimate of drug-likeness (QED) is 0.607. The molecule has 0 amide bonds. The van der Waals surface area contributed by atoms with Crippen molar-refractivity contribution >= 4 is 11.0 Å². The summed E-state index contributed by atoms with van der Waals surface area (Å²) < 4.78 is 2.36. The van der Waals surface area contributed by atoms with Crippen LogP contribution in [0.25, 0.3) is 22.3 Å². The largest absolute Gasteiger partial charge is 0.343 e. The lowest BCUT2D eigenvalue weighted by Gasteiger charge is -2.14. The predicted octanol–water partition coefficient (Wildman–Crippen LogP) is 5.81. The van der Waals surface area contributed by atoms with Gasteiger partial charge in [-0.25, -0.2) is 4.98 Å². The lowest BCUT2D eigenvalue weighted by Crippen LogP contribution is -2.02. The molecule has 1 unspecified atom stereocenters. The summed E-state index contributed by atoms with van der Waals surface area (Å²) in [7, 11) is 0. The number of nitrogens with zero attached hydrogens (tertiary/aromatic N) is 3. The lowest BCUT2D eigenvalue weighted by molar-refractivity contribution is 0.547. The van der Waals surface area contributed by atoms with Gasteiger partial charge in [0.2, 0.25) is 0 Å². The van der Waals surface area contributed by atoms with Crippen molar-refractivity contribution in [1.29, 1.82) is 0 Å². The van der Waals surface area contributed by atoms with Crippen LogP contribution in [0.3, 0.4) is 0 Å². The normalized spacial score (nSPS) is 13.0. The fourth-order valence-electron chi connectivity index (χ4n) is 3.17. The molecule has 3 heteroatoms. The van der Waals surface area contributed by atoms with Crippen molar-refractivity contribution < 1.29 is 0 Å². The highest BCUT2D eigenvalue weighted by Gasteiger charge is 2.14. The third-order valence-corrected chi connectivity index (χ3v) is 4.89. The SMILES string of the molecule is CCC(C)n1cc(C)c2nc(-c3ccc(C(C)C)nc3)c(C)cc21. The van der Waals surface area contributed by atoms with E-state index in [-0.39, 0.29) is 0 Å². The molecule has 3 heterocycles. The molecule has 3 rings (SSSR count). The smallest absolute Gasteiger partial charge is 0.0917 e. The van der Waals surface area contributed by atoms with Crippen LogP contribution in [0.1, 0.15) is 62.9 Å². The van der Waals surface area contributed by atoms with E-state index in [1.165, 1.54) is 16.6 Å². The third-order valence-electron chi connectivity index (χ3n) is 4.89. The van der Waals surface area contributed by atoms with Crippen LogP contribution in [0.5, 0.6) is 0 Å². The number of fused-ring (bicyclic) bond motifs is 1. The fraction of sp³-hybridized carbons (Fsp3) is 0.429. The number of hydrogen-bond acceptors (Lipinski definition) is 2. The molecule has 0 aliphatic heterocycles. The maximum absolute atomic E-state index is 5.00. The maximum atomic E-state index is 5.00. The Morgan fingerprint density at radius 1 is 1.08 bits per heavy atom. The second-order valence-corrected chi connectivity index (χ2v) is 7.12. The Kier molecular flexibility index (Phi) is 4.44. The molecule has 1 atom stereocenters. The highest BCUT2D eigenvalue weighted by atomic mass is 15.0. The minimum Gasteiger partial charge on any atom is -0.343 e. The molecule has 0 bridgehead atoms. The summed E-state index contributed by atoms with van der Waals surface area (Å²) in [4.78, 5) is 9.60. The van der Waals surface area contributed by atoms with Gasteiger partial charge in [0.25, 0.3) is 0 Å². The molecule has 0 aliphatic carbocycles. The molecule has 3 aromatic heterocycles. The first kappa shape index (κ1) is 16.7. The van der Waals surface area contributed by atoms with Crippen molar-refractivity contribution in [2.75, 3.05) is 0 Å². The molecule has 3 nitrogen and oxygen atoms in total. The van der Waals surface area contributed by atoms with Gasteiger partial charge in [0.1, 0.15) is 0 Å². The van der Waals surface area contributed by atoms with Crippen LogP contribution >= 0.6 is 0 Å². The molecule has 126 valence electrons. The van der Waals surface area contributed by atoms with Crippen molar-refractivity contribution in [1.82, 2.24) is 14.5 Å². The highest BCUT2D eigenvalue weighted by Crippen LogP contribution is 2.30. The second kappa shape index (κ2) is 6.39. The number of rotatable bonds is 4. The van der Waals surface area contributed by atoms with Gasteiger partial charge < -0.3 is 4.57 Å². The molecule has 0 spiro atoms. The topological polar surface area (TPSA) is 30.7 Å². The molecular formula is C21H27N3. The summed E-state index contributed by atoms with van der Waals surface area (Å²) in [6, 6.07) is 7.01. The van der Waals surface area contributed by atoms with Crippen LogP contribution < -0.4 is 0 Å². The summed E-state index contributed by atoms with van der Waals surface area (Å²) in [6.07, 6.45) is 5.30. The van der Waals surface area contributed by atoms with Crippen molar-refractivity contribution in [3.8, 4) is 11.3 Å². The maximum Gasteiger partial charge on any atom is 0.0917 e. The van der Waals surface area contributed by atoms with Gasteiger partial charge in [-0.05, 0) is 62.4 Å². The standard InChI is InChI=1S/C21H27N3/c1-7-16(6)24-12-15(5)21-19(24)10-14(4)20(23-21)17-8-9-18(13(2)3)22-11-17/h8-13,16H,7H2,1-6H3. The Hall–Kier alpha value is -2.16. The van der Waals surface area contributed by atoms with Crippen LogP contribution in [0.2, 0.25) is 0 Å². The first-order valence-corrected chi connectivity index (χ1v) is 8.87. The van der Waals surface area contributed by atoms with Gasteiger partial charge in [0.05, 0.1) is 16.7 Å². The molecule has 0 saturated heterocycles. The van der Waals surface area contributed by atoms with Crippen molar-refractivity contribution in [2.45, 2.75) is 59.9 Å². The van der Waals surface area contributed by atoms with Gasteiger partial charge in [-0.1, -0.05) is 20.8 Å². The zero-order valence-corrected chi connectivity index (χ0v) is 15.6. The van der Waals surface area contributed by atoms with Gasteiger partial charge in [0.15, 0.2) is 0 Å². The summed E-state index contributed by atoms with van der Waals surface area (Å²) in [5.41, 5.74) is 8.02. The molecular weight excluding hydrogens is 294 g/mol. The van der Waals surface area contributed by atoms with Gasteiger partial charge >= 0.3 is 0 Å². The lowest BCUT2D eigenvalue weighted by atomic mass is 10.0. The third kappa shape index (κ3) is 2.83. The Bertz CT molecular complexity index is 857. The van der Waals surface area contributed by atoms with Crippen LogP contribution in [-0.2, 0) is 0 Å². The highest BCUT2D eigenvalue weighted by molar-refractivity contribution is 5.84. The number of pyridine rings is 2. The van der Waals surface area contributed by atoms with E-state index in [4.69, 9.17) is 4.98 Å². The first-order chi connectivity index (χ1) is 11.4. The average molecular weight is 321 g/mol. The van der Waals surface area contributed by atoms with E-state index in [0.717, 1.165) is 28.9 Å². The predicted molar refractivity (Wildman–Crippen MR) is 102 cm³/mol. The Morgan fingerprint density at radius 3 is 2.42 bits per heavy atom. The number of aryl methyl sites for hydroxylation is 2. The minimum absolute atomic E-state index is 0.447.